The Hall–Kier alpha value is -3.04. The standard InChI is InChI=1S/C22H26N4O5/c1-29-14-18-11-26(12-21(28)31-18)8-2-3-20(27)25-22-23-10-16-6-7-17(9-19(16)24-22)30-13-15-4-5-15/h2-3,6-7,9-10,15,18H,4-5,8,11-14H2,1H3,(H,23,24,25,27)/t18-/m1/s1. The lowest BCUT2D eigenvalue weighted by atomic mass is 10.2. The summed E-state index contributed by atoms with van der Waals surface area (Å²) in [6, 6.07) is 5.67. The number of amides is 1. The van der Waals surface area contributed by atoms with Gasteiger partial charge in [0.2, 0.25) is 11.9 Å². The van der Waals surface area contributed by atoms with Crippen LogP contribution in [0.5, 0.6) is 5.75 Å². The average molecular weight is 426 g/mol. The van der Waals surface area contributed by atoms with Crippen molar-refractivity contribution in [2.75, 3.05) is 45.3 Å². The third kappa shape index (κ3) is 6.22. The number of morpholine rings is 1. The zero-order valence-electron chi connectivity index (χ0n) is 17.5. The molecule has 4 rings (SSSR count). The third-order valence-electron chi connectivity index (χ3n) is 5.07. The lowest BCUT2D eigenvalue weighted by Gasteiger charge is -2.30. The number of carbonyl (C=O) groups excluding carboxylic acids is 2. The molecule has 1 aliphatic carbocycles. The third-order valence-corrected chi connectivity index (χ3v) is 5.07. The number of aromatic nitrogens is 2. The van der Waals surface area contributed by atoms with Crippen molar-refractivity contribution in [3.63, 3.8) is 0 Å². The zero-order valence-corrected chi connectivity index (χ0v) is 17.5. The number of esters is 1. The predicted molar refractivity (Wildman–Crippen MR) is 114 cm³/mol. The van der Waals surface area contributed by atoms with Gasteiger partial charge >= 0.3 is 5.97 Å². The van der Waals surface area contributed by atoms with Crippen LogP contribution in [0.25, 0.3) is 10.9 Å². The van der Waals surface area contributed by atoms with Crippen LogP contribution in [-0.2, 0) is 19.1 Å². The van der Waals surface area contributed by atoms with E-state index in [1.807, 2.05) is 23.1 Å². The largest absolute Gasteiger partial charge is 0.493 e. The molecule has 1 atom stereocenters. The molecule has 2 aromatic rings. The summed E-state index contributed by atoms with van der Waals surface area (Å²) in [6.45, 7) is 2.27. The minimum absolute atomic E-state index is 0.186. The summed E-state index contributed by atoms with van der Waals surface area (Å²) in [4.78, 5) is 34.4. The van der Waals surface area contributed by atoms with Gasteiger partial charge in [0.05, 0.1) is 25.3 Å². The number of benzene rings is 1. The minimum atomic E-state index is -0.339. The van der Waals surface area contributed by atoms with Crippen LogP contribution in [0.4, 0.5) is 5.95 Å². The Kier molecular flexibility index (Phi) is 6.73. The Labute approximate surface area is 180 Å². The Morgan fingerprint density at radius 2 is 2.23 bits per heavy atom. The van der Waals surface area contributed by atoms with Crippen LogP contribution in [0.1, 0.15) is 12.8 Å². The number of carbonyl (C=O) groups is 2. The molecule has 9 nitrogen and oxygen atoms in total. The molecule has 9 heteroatoms. The number of hydrogen-bond donors (Lipinski definition) is 1. The summed E-state index contributed by atoms with van der Waals surface area (Å²) in [5.74, 6) is 1.03. The highest BCUT2D eigenvalue weighted by molar-refractivity contribution is 5.98. The fraction of sp³-hybridized carbons (Fsp3) is 0.455. The number of ether oxygens (including phenoxy) is 3. The van der Waals surface area contributed by atoms with E-state index in [1.54, 1.807) is 19.4 Å². The Balaban J connectivity index is 1.31. The average Bonchev–Trinajstić information content (AvgIpc) is 3.56. The molecular weight excluding hydrogens is 400 g/mol. The van der Waals surface area contributed by atoms with Gasteiger partial charge in [-0.25, -0.2) is 9.97 Å². The normalized spacial score (nSPS) is 19.5. The summed E-state index contributed by atoms with van der Waals surface area (Å²) in [6.07, 6.45) is 6.94. The molecule has 1 aliphatic heterocycles. The van der Waals surface area contributed by atoms with Crippen LogP contribution in [0.3, 0.4) is 0 Å². The van der Waals surface area contributed by atoms with Gasteiger partial charge in [0.1, 0.15) is 11.9 Å². The molecule has 1 aromatic carbocycles. The van der Waals surface area contributed by atoms with Crippen LogP contribution in [0.2, 0.25) is 0 Å². The van der Waals surface area contributed by atoms with Crippen LogP contribution < -0.4 is 10.1 Å². The highest BCUT2D eigenvalue weighted by Gasteiger charge is 2.25. The molecule has 1 N–H and O–H groups in total. The number of rotatable bonds is 9. The highest BCUT2D eigenvalue weighted by atomic mass is 16.6. The van der Waals surface area contributed by atoms with Crippen molar-refractivity contribution >= 4 is 28.7 Å². The van der Waals surface area contributed by atoms with Gasteiger partial charge in [0, 0.05) is 43.9 Å². The van der Waals surface area contributed by atoms with Crippen molar-refractivity contribution < 1.29 is 23.8 Å². The number of hydrogen-bond acceptors (Lipinski definition) is 8. The van der Waals surface area contributed by atoms with E-state index in [4.69, 9.17) is 14.2 Å². The molecule has 0 radical (unpaired) electrons. The lowest BCUT2D eigenvalue weighted by Crippen LogP contribution is -2.47. The van der Waals surface area contributed by atoms with E-state index in [0.717, 1.165) is 17.7 Å². The first kappa shape index (κ1) is 21.2. The maximum absolute atomic E-state index is 12.2. The zero-order chi connectivity index (χ0) is 21.6. The lowest BCUT2D eigenvalue weighted by molar-refractivity contribution is -0.161. The van der Waals surface area contributed by atoms with E-state index < -0.39 is 0 Å². The van der Waals surface area contributed by atoms with Crippen LogP contribution in [0.15, 0.2) is 36.5 Å². The van der Waals surface area contributed by atoms with Crippen molar-refractivity contribution in [1.82, 2.24) is 14.9 Å². The predicted octanol–water partition coefficient (Wildman–Crippen LogP) is 1.79. The van der Waals surface area contributed by atoms with Gasteiger partial charge in [-0.1, -0.05) is 6.08 Å². The first-order valence-electron chi connectivity index (χ1n) is 10.4. The van der Waals surface area contributed by atoms with Gasteiger partial charge in [-0.15, -0.1) is 0 Å². The summed E-state index contributed by atoms with van der Waals surface area (Å²) in [5.41, 5.74) is 0.707. The van der Waals surface area contributed by atoms with E-state index in [-0.39, 0.29) is 30.5 Å². The smallest absolute Gasteiger partial charge is 0.320 e. The van der Waals surface area contributed by atoms with Crippen molar-refractivity contribution in [3.05, 3.63) is 36.5 Å². The highest BCUT2D eigenvalue weighted by Crippen LogP contribution is 2.30. The van der Waals surface area contributed by atoms with Crippen LogP contribution in [-0.4, -0.2) is 72.8 Å². The topological polar surface area (TPSA) is 103 Å². The van der Waals surface area contributed by atoms with Gasteiger partial charge in [-0.05, 0) is 30.9 Å². The molecule has 2 fully saturated rings. The Morgan fingerprint density at radius 1 is 1.35 bits per heavy atom. The molecule has 1 saturated heterocycles. The number of nitrogens with one attached hydrogen (secondary N) is 1. The van der Waals surface area contributed by atoms with Gasteiger partial charge < -0.3 is 14.2 Å². The van der Waals surface area contributed by atoms with Gasteiger partial charge in [0.15, 0.2) is 0 Å². The quantitative estimate of drug-likeness (QED) is 0.478. The molecule has 31 heavy (non-hydrogen) atoms. The fourth-order valence-electron chi connectivity index (χ4n) is 3.32. The number of fused-ring (bicyclic) bond motifs is 1. The van der Waals surface area contributed by atoms with E-state index in [0.29, 0.717) is 31.1 Å². The SMILES string of the molecule is COC[C@H]1CN(CC=CC(=O)Nc2ncc3ccc(OCC4CC4)cc3n2)CC(=O)O1. The van der Waals surface area contributed by atoms with Crippen molar-refractivity contribution in [1.29, 1.82) is 0 Å². The first-order valence-corrected chi connectivity index (χ1v) is 10.4. The summed E-state index contributed by atoms with van der Waals surface area (Å²) < 4.78 is 16.0. The number of methoxy groups -OCH3 is 1. The molecule has 1 aromatic heterocycles. The maximum Gasteiger partial charge on any atom is 0.320 e. The number of cyclic esters (lactones) is 1. The van der Waals surface area contributed by atoms with E-state index in [1.165, 1.54) is 18.9 Å². The molecule has 0 spiro atoms. The minimum Gasteiger partial charge on any atom is -0.493 e. The molecule has 2 heterocycles. The van der Waals surface area contributed by atoms with Crippen LogP contribution >= 0.6 is 0 Å². The molecule has 0 unspecified atom stereocenters. The summed E-state index contributed by atoms with van der Waals surface area (Å²) >= 11 is 0. The van der Waals surface area contributed by atoms with E-state index >= 15 is 0 Å². The van der Waals surface area contributed by atoms with E-state index in [9.17, 15) is 9.59 Å². The second kappa shape index (κ2) is 9.84. The Morgan fingerprint density at radius 3 is 3.03 bits per heavy atom. The summed E-state index contributed by atoms with van der Waals surface area (Å²) in [5, 5.41) is 3.54. The van der Waals surface area contributed by atoms with Crippen molar-refractivity contribution in [2.45, 2.75) is 18.9 Å². The summed E-state index contributed by atoms with van der Waals surface area (Å²) in [7, 11) is 1.56. The second-order valence-corrected chi connectivity index (χ2v) is 7.82. The second-order valence-electron chi connectivity index (χ2n) is 7.82. The van der Waals surface area contributed by atoms with Gasteiger partial charge in [-0.3, -0.25) is 19.8 Å². The molecule has 2 aliphatic rings. The van der Waals surface area contributed by atoms with E-state index in [2.05, 4.69) is 15.3 Å². The molecule has 1 amide bonds. The van der Waals surface area contributed by atoms with Crippen LogP contribution in [0, 0.1) is 5.92 Å². The Bertz CT molecular complexity index is 976. The maximum atomic E-state index is 12.2. The van der Waals surface area contributed by atoms with Crippen molar-refractivity contribution in [2.24, 2.45) is 5.92 Å². The number of nitrogens with zero attached hydrogens (tertiary/aromatic N) is 3. The molecule has 164 valence electrons. The van der Waals surface area contributed by atoms with Gasteiger partial charge in [0.25, 0.3) is 0 Å². The van der Waals surface area contributed by atoms with Crippen molar-refractivity contribution in [3.8, 4) is 5.75 Å². The van der Waals surface area contributed by atoms with Gasteiger partial charge in [-0.2, -0.15) is 0 Å². The first-order chi connectivity index (χ1) is 15.1. The molecule has 0 bridgehead atoms. The fourth-order valence-corrected chi connectivity index (χ4v) is 3.32. The molecule has 1 saturated carbocycles. The number of anilines is 1. The molecular formula is C22H26N4O5. The monoisotopic (exact) mass is 426 g/mol.